The normalized spacial score (nSPS) is 19.5. The van der Waals surface area contributed by atoms with E-state index >= 15 is 0 Å². The van der Waals surface area contributed by atoms with Crippen LogP contribution in [0.15, 0.2) is 76.5 Å². The molecule has 1 unspecified atom stereocenters. The van der Waals surface area contributed by atoms with Gasteiger partial charge in [0.1, 0.15) is 12.1 Å². The van der Waals surface area contributed by atoms with Crippen molar-refractivity contribution in [3.8, 4) is 23.0 Å². The predicted molar refractivity (Wildman–Crippen MR) is 308 cm³/mol. The minimum atomic E-state index is -0.956. The molecule has 0 bridgehead atoms. The molecular weight excluding hydrogens is 1070 g/mol. The first-order chi connectivity index (χ1) is 39.9. The van der Waals surface area contributed by atoms with Crippen molar-refractivity contribution in [3.05, 3.63) is 83.2 Å². The van der Waals surface area contributed by atoms with Gasteiger partial charge in [-0.25, -0.2) is 0 Å². The monoisotopic (exact) mass is 1140 g/mol. The quantitative estimate of drug-likeness (QED) is 0.0510. The molecule has 3 aromatic rings. The Morgan fingerprint density at radius 2 is 1.29 bits per heavy atom. The lowest BCUT2D eigenvalue weighted by Gasteiger charge is -2.24. The smallest absolute Gasteiger partial charge is 0.260 e. The first-order valence-electron chi connectivity index (χ1n) is 28.5. The molecule has 9 rings (SSSR count). The van der Waals surface area contributed by atoms with Crippen LogP contribution in [0.25, 0.3) is 5.57 Å². The van der Waals surface area contributed by atoms with Crippen molar-refractivity contribution >= 4 is 82.3 Å². The number of nitrogens with one attached hydrogen (secondary N) is 4. The Hall–Kier alpha value is -8.40. The molecule has 0 aromatic heterocycles. The number of amides is 8. The van der Waals surface area contributed by atoms with Crippen LogP contribution in [0.5, 0.6) is 23.0 Å². The highest BCUT2D eigenvalue weighted by Crippen LogP contribution is 2.45. The summed E-state index contributed by atoms with van der Waals surface area (Å²) in [4.78, 5) is 118. The lowest BCUT2D eigenvalue weighted by atomic mass is 9.94. The summed E-state index contributed by atoms with van der Waals surface area (Å²) in [7, 11) is 3.04. The third kappa shape index (κ3) is 13.9. The number of nitrogens with zero attached hydrogens (tertiary/aromatic N) is 5. The summed E-state index contributed by atoms with van der Waals surface area (Å²) in [5.74, 6) is -1.01. The number of rotatable bonds is 26. The maximum Gasteiger partial charge on any atom is 0.260 e. The molecule has 5 aliphatic heterocycles. The van der Waals surface area contributed by atoms with E-state index < -0.39 is 29.8 Å². The molecule has 5 heterocycles. The van der Waals surface area contributed by atoms with Crippen LogP contribution in [0.1, 0.15) is 112 Å². The van der Waals surface area contributed by atoms with Gasteiger partial charge >= 0.3 is 0 Å². The summed E-state index contributed by atoms with van der Waals surface area (Å²) in [5, 5.41) is 10.9. The van der Waals surface area contributed by atoms with Crippen LogP contribution in [-0.4, -0.2) is 152 Å². The van der Waals surface area contributed by atoms with Crippen LogP contribution in [0.3, 0.4) is 0 Å². The van der Waals surface area contributed by atoms with Gasteiger partial charge < -0.3 is 54.8 Å². The highest BCUT2D eigenvalue weighted by molar-refractivity contribution is 6.07. The fourth-order valence-electron chi connectivity index (χ4n) is 10.6. The minimum absolute atomic E-state index is 0.0203. The van der Waals surface area contributed by atoms with Crippen LogP contribution >= 0.6 is 0 Å². The summed E-state index contributed by atoms with van der Waals surface area (Å²) in [5.41, 5.74) is 5.30. The van der Waals surface area contributed by atoms with Gasteiger partial charge in [-0.05, 0) is 84.9 Å². The Morgan fingerprint density at radius 1 is 0.675 bits per heavy atom. The van der Waals surface area contributed by atoms with Gasteiger partial charge in [-0.1, -0.05) is 39.8 Å². The number of hydrogen-bond acceptors (Lipinski definition) is 15. The zero-order chi connectivity index (χ0) is 59.1. The maximum atomic E-state index is 14.1. The standard InChI is InChI=1S/C61H73N9O13/c1-34(2)44-27-55(73)68(59(44)76)18-15-53(71)62-17-22-81-21-16-54(72)67-56(35(3)4)58(75)65-36(5)57(74)66-41-13-11-38(12-14-41)40-24-43-31-64-48-29-52(50(80-7)26-46(48)61(78)70(43)33-40)83-20-8-19-82-51-28-47-45(25-49(51)79-6)60(77)69-32-39(37-9-10-37)23-42(69)30-63-47/h11-14,25-26,28-37,42-44,56H,8-10,15-24,27H2,1-7H3,(H,62,71)(H,65,75)(H,66,74)(H,67,72)/t36-,42-,43-,44?,56-/m0/s1. The largest absolute Gasteiger partial charge is 0.493 e. The molecule has 5 atom stereocenters. The number of anilines is 1. The fourth-order valence-corrected chi connectivity index (χ4v) is 10.6. The molecule has 0 spiro atoms. The minimum Gasteiger partial charge on any atom is -0.493 e. The number of carbonyl (C=O) groups excluding carboxylic acids is 8. The second-order valence-electron chi connectivity index (χ2n) is 22.2. The average Bonchev–Trinajstić information content (AvgIpc) is 3.52. The van der Waals surface area contributed by atoms with Gasteiger partial charge in [-0.3, -0.25) is 53.2 Å². The number of ether oxygens (including phenoxy) is 5. The highest BCUT2D eigenvalue weighted by Gasteiger charge is 2.41. The second-order valence-corrected chi connectivity index (χ2v) is 22.2. The molecule has 2 fully saturated rings. The van der Waals surface area contributed by atoms with Crippen LogP contribution in [0, 0.1) is 23.7 Å². The van der Waals surface area contributed by atoms with Crippen molar-refractivity contribution in [2.75, 3.05) is 59.1 Å². The number of carbonyl (C=O) groups is 8. The molecule has 0 radical (unpaired) electrons. The van der Waals surface area contributed by atoms with Crippen molar-refractivity contribution in [1.82, 2.24) is 30.7 Å². The number of hydrogen-bond donors (Lipinski definition) is 4. The first-order valence-corrected chi connectivity index (χ1v) is 28.5. The summed E-state index contributed by atoms with van der Waals surface area (Å²) in [6.45, 7) is 9.73. The molecule has 4 N–H and O–H groups in total. The lowest BCUT2D eigenvalue weighted by molar-refractivity contribution is -0.140. The Balaban J connectivity index is 0.696. The molecule has 8 amide bonds. The maximum absolute atomic E-state index is 14.1. The van der Waals surface area contributed by atoms with E-state index in [0.717, 1.165) is 22.5 Å². The van der Waals surface area contributed by atoms with Gasteiger partial charge in [-0.15, -0.1) is 0 Å². The molecule has 1 saturated carbocycles. The van der Waals surface area contributed by atoms with Crippen molar-refractivity contribution in [3.63, 3.8) is 0 Å². The number of imide groups is 1. The summed E-state index contributed by atoms with van der Waals surface area (Å²) < 4.78 is 29.1. The Labute approximate surface area is 482 Å². The van der Waals surface area contributed by atoms with E-state index in [2.05, 4.69) is 21.3 Å². The molecule has 83 heavy (non-hydrogen) atoms. The van der Waals surface area contributed by atoms with E-state index in [1.807, 2.05) is 38.4 Å². The average molecular weight is 1140 g/mol. The number of benzene rings is 3. The Morgan fingerprint density at radius 3 is 1.87 bits per heavy atom. The van der Waals surface area contributed by atoms with Crippen molar-refractivity contribution in [1.29, 1.82) is 0 Å². The summed E-state index contributed by atoms with van der Waals surface area (Å²) in [6, 6.07) is 11.6. The second kappa shape index (κ2) is 26.2. The lowest BCUT2D eigenvalue weighted by Crippen LogP contribution is -2.53. The van der Waals surface area contributed by atoms with Crippen LogP contribution < -0.4 is 40.2 Å². The van der Waals surface area contributed by atoms with E-state index in [0.29, 0.717) is 69.9 Å². The Bertz CT molecular complexity index is 3150. The van der Waals surface area contributed by atoms with Gasteiger partial charge in [0, 0.05) is 93.8 Å². The highest BCUT2D eigenvalue weighted by atomic mass is 16.5. The number of methoxy groups -OCH3 is 2. The molecule has 22 heteroatoms. The van der Waals surface area contributed by atoms with Crippen molar-refractivity contribution in [2.24, 2.45) is 33.7 Å². The zero-order valence-corrected chi connectivity index (χ0v) is 48.0. The van der Waals surface area contributed by atoms with Gasteiger partial charge in [0.15, 0.2) is 23.0 Å². The number of likely N-dealkylation sites (tertiary alicyclic amines) is 1. The van der Waals surface area contributed by atoms with E-state index in [1.54, 1.807) is 79.4 Å². The van der Waals surface area contributed by atoms with Gasteiger partial charge in [0.05, 0.1) is 75.2 Å². The first kappa shape index (κ1) is 59.2. The fraction of sp³-hybridized carbons (Fsp3) is 0.475. The molecule has 1 aliphatic carbocycles. The van der Waals surface area contributed by atoms with Crippen LogP contribution in [0.2, 0.25) is 0 Å². The number of aliphatic imine (C=N–C) groups is 2. The third-order valence-corrected chi connectivity index (χ3v) is 15.6. The molecular formula is C61H73N9O13. The third-order valence-electron chi connectivity index (χ3n) is 15.6. The van der Waals surface area contributed by atoms with Gasteiger partial charge in [0.25, 0.3) is 11.8 Å². The van der Waals surface area contributed by atoms with E-state index in [1.165, 1.54) is 32.6 Å². The van der Waals surface area contributed by atoms with E-state index in [-0.39, 0.29) is 118 Å². The zero-order valence-electron chi connectivity index (χ0n) is 48.0. The van der Waals surface area contributed by atoms with Crippen molar-refractivity contribution < 1.29 is 62.0 Å². The predicted octanol–water partition coefficient (Wildman–Crippen LogP) is 6.28. The summed E-state index contributed by atoms with van der Waals surface area (Å²) >= 11 is 0. The van der Waals surface area contributed by atoms with Crippen LogP contribution in [0.4, 0.5) is 17.1 Å². The van der Waals surface area contributed by atoms with E-state index in [9.17, 15) is 38.4 Å². The molecule has 22 nitrogen and oxygen atoms in total. The molecule has 3 aromatic carbocycles. The van der Waals surface area contributed by atoms with E-state index in [4.69, 9.17) is 33.7 Å². The van der Waals surface area contributed by atoms with Crippen molar-refractivity contribution in [2.45, 2.75) is 110 Å². The number of fused-ring (bicyclic) bond motifs is 4. The van der Waals surface area contributed by atoms with Crippen LogP contribution in [-0.2, 0) is 33.5 Å². The van der Waals surface area contributed by atoms with Gasteiger partial charge in [0.2, 0.25) is 35.4 Å². The van der Waals surface area contributed by atoms with Gasteiger partial charge in [-0.2, -0.15) is 0 Å². The Kier molecular flexibility index (Phi) is 18.7. The SMILES string of the molecule is COc1cc2c(cc1OCCCOc1cc3c(cc1OC)C(=O)N1C=C(C4CC4)C[C@H]1C=N3)N=C[C@@H]1CC(c3ccc(NC(=O)[C@H](C)NC(=O)[C@@H](NC(=O)CCOCCNC(=O)CCN4C(=O)CC(C(C)C)C4=O)C(C)C)cc3)=CN1C2=O. The summed E-state index contributed by atoms with van der Waals surface area (Å²) in [6.07, 6.45) is 11.6. The molecule has 440 valence electrons. The molecule has 1 saturated heterocycles. The topological polar surface area (TPSA) is 265 Å². The molecule has 6 aliphatic rings.